The smallest absolute Gasteiger partial charge is 0.218 e. The van der Waals surface area contributed by atoms with Crippen molar-refractivity contribution in [2.45, 2.75) is 26.2 Å². The van der Waals surface area contributed by atoms with Gasteiger partial charge in [-0.2, -0.15) is 0 Å². The number of aliphatic hydroxyl groups is 1. The molecule has 0 saturated carbocycles. The number of nitrogens with one attached hydrogen (secondary N) is 1. The maximum atomic E-state index is 8.63. The van der Waals surface area contributed by atoms with Crippen LogP contribution in [-0.4, -0.2) is 34.8 Å². The van der Waals surface area contributed by atoms with Gasteiger partial charge < -0.3 is 15.2 Å². The summed E-state index contributed by atoms with van der Waals surface area (Å²) in [6.07, 6.45) is 4.17. The molecule has 16 heavy (non-hydrogen) atoms. The number of aliphatic hydroxyl groups excluding tert-OH is 1. The minimum Gasteiger partial charge on any atom is -0.478 e. The molecule has 0 amide bonds. The molecule has 0 aliphatic rings. The lowest BCUT2D eigenvalue weighted by Gasteiger charge is -2.07. The summed E-state index contributed by atoms with van der Waals surface area (Å²) in [6.45, 7) is 3.75. The highest BCUT2D eigenvalue weighted by molar-refractivity contribution is 5.36. The van der Waals surface area contributed by atoms with E-state index in [1.54, 1.807) is 6.07 Å². The van der Waals surface area contributed by atoms with Gasteiger partial charge in [0.15, 0.2) is 0 Å². The Balaban J connectivity index is 2.35. The molecule has 5 nitrogen and oxygen atoms in total. The molecule has 0 fully saturated rings. The van der Waals surface area contributed by atoms with Crippen molar-refractivity contribution in [1.82, 2.24) is 9.97 Å². The molecule has 1 rings (SSSR count). The number of unbranched alkanes of at least 4 members (excludes halogenated alkanes) is 1. The lowest BCUT2D eigenvalue weighted by molar-refractivity contribution is 0.286. The highest BCUT2D eigenvalue weighted by Gasteiger charge is 1.98. The van der Waals surface area contributed by atoms with E-state index in [9.17, 15) is 0 Å². The van der Waals surface area contributed by atoms with Gasteiger partial charge in [0.05, 0.1) is 6.61 Å². The standard InChI is InChI=1S/C11H19N3O2/c1-2-7-16-11-8-10(13-9-14-11)12-5-3-4-6-15/h8-9,15H,2-7H2,1H3,(H,12,13,14). The number of hydrogen-bond donors (Lipinski definition) is 2. The van der Waals surface area contributed by atoms with E-state index < -0.39 is 0 Å². The van der Waals surface area contributed by atoms with Crippen molar-refractivity contribution in [2.24, 2.45) is 0 Å². The molecule has 0 aromatic carbocycles. The highest BCUT2D eigenvalue weighted by atomic mass is 16.5. The quantitative estimate of drug-likeness (QED) is 0.655. The van der Waals surface area contributed by atoms with E-state index in [1.807, 2.05) is 0 Å². The molecule has 0 aliphatic heterocycles. The van der Waals surface area contributed by atoms with Crippen LogP contribution in [0.4, 0.5) is 5.82 Å². The first-order valence-electron chi connectivity index (χ1n) is 5.66. The summed E-state index contributed by atoms with van der Waals surface area (Å²) in [5, 5.41) is 11.8. The average Bonchev–Trinajstić information content (AvgIpc) is 2.33. The molecule has 1 aromatic rings. The first-order chi connectivity index (χ1) is 7.86. The van der Waals surface area contributed by atoms with E-state index in [2.05, 4.69) is 22.2 Å². The van der Waals surface area contributed by atoms with Gasteiger partial charge in [-0.1, -0.05) is 6.92 Å². The van der Waals surface area contributed by atoms with Gasteiger partial charge in [-0.25, -0.2) is 9.97 Å². The van der Waals surface area contributed by atoms with Crippen LogP contribution in [0.25, 0.3) is 0 Å². The number of hydrogen-bond acceptors (Lipinski definition) is 5. The van der Waals surface area contributed by atoms with Crippen LogP contribution >= 0.6 is 0 Å². The first kappa shape index (κ1) is 12.7. The van der Waals surface area contributed by atoms with E-state index >= 15 is 0 Å². The molecule has 5 heteroatoms. The average molecular weight is 225 g/mol. The van der Waals surface area contributed by atoms with Crippen LogP contribution in [0, 0.1) is 0 Å². The van der Waals surface area contributed by atoms with E-state index in [4.69, 9.17) is 9.84 Å². The lowest BCUT2D eigenvalue weighted by Crippen LogP contribution is -2.05. The van der Waals surface area contributed by atoms with Gasteiger partial charge in [-0.05, 0) is 19.3 Å². The number of aromatic nitrogens is 2. The molecule has 1 aromatic heterocycles. The molecule has 0 spiro atoms. The van der Waals surface area contributed by atoms with Crippen LogP contribution in [-0.2, 0) is 0 Å². The molecule has 0 atom stereocenters. The van der Waals surface area contributed by atoms with E-state index in [1.165, 1.54) is 6.33 Å². The molecule has 0 saturated heterocycles. The van der Waals surface area contributed by atoms with Crippen LogP contribution in [0.2, 0.25) is 0 Å². The number of rotatable bonds is 8. The normalized spacial score (nSPS) is 10.1. The van der Waals surface area contributed by atoms with Gasteiger partial charge >= 0.3 is 0 Å². The Labute approximate surface area is 95.9 Å². The van der Waals surface area contributed by atoms with Crippen molar-refractivity contribution >= 4 is 5.82 Å². The molecule has 0 radical (unpaired) electrons. The van der Waals surface area contributed by atoms with Gasteiger partial charge in [0.1, 0.15) is 12.1 Å². The second-order valence-corrected chi connectivity index (χ2v) is 3.45. The summed E-state index contributed by atoms with van der Waals surface area (Å²) < 4.78 is 5.39. The van der Waals surface area contributed by atoms with Gasteiger partial charge in [-0.3, -0.25) is 0 Å². The predicted molar refractivity (Wildman–Crippen MR) is 62.6 cm³/mol. The molecule has 2 N–H and O–H groups in total. The Morgan fingerprint density at radius 1 is 1.38 bits per heavy atom. The first-order valence-corrected chi connectivity index (χ1v) is 5.66. The van der Waals surface area contributed by atoms with Gasteiger partial charge in [0.25, 0.3) is 0 Å². The van der Waals surface area contributed by atoms with Gasteiger partial charge in [0.2, 0.25) is 5.88 Å². The van der Waals surface area contributed by atoms with Gasteiger partial charge in [0, 0.05) is 19.2 Å². The van der Waals surface area contributed by atoms with E-state index in [-0.39, 0.29) is 6.61 Å². The topological polar surface area (TPSA) is 67.3 Å². The third-order valence-corrected chi connectivity index (χ3v) is 1.99. The fraction of sp³-hybridized carbons (Fsp3) is 0.636. The van der Waals surface area contributed by atoms with Crippen LogP contribution in [0.5, 0.6) is 5.88 Å². The fourth-order valence-electron chi connectivity index (χ4n) is 1.17. The van der Waals surface area contributed by atoms with Crippen molar-refractivity contribution in [3.63, 3.8) is 0 Å². The third-order valence-electron chi connectivity index (χ3n) is 1.99. The Bertz CT molecular complexity index is 294. The lowest BCUT2D eigenvalue weighted by atomic mass is 10.3. The Morgan fingerprint density at radius 3 is 3.00 bits per heavy atom. The monoisotopic (exact) mass is 225 g/mol. The van der Waals surface area contributed by atoms with E-state index in [0.717, 1.165) is 31.6 Å². The zero-order chi connectivity index (χ0) is 11.6. The second-order valence-electron chi connectivity index (χ2n) is 3.45. The third kappa shape index (κ3) is 4.93. The van der Waals surface area contributed by atoms with Crippen LogP contribution in [0.3, 0.4) is 0 Å². The molecule has 90 valence electrons. The Kier molecular flexibility index (Phi) is 6.25. The highest BCUT2D eigenvalue weighted by Crippen LogP contribution is 2.11. The number of ether oxygens (including phenoxy) is 1. The molecular formula is C11H19N3O2. The second kappa shape index (κ2) is 7.87. The maximum Gasteiger partial charge on any atom is 0.218 e. The largest absolute Gasteiger partial charge is 0.478 e. The Hall–Kier alpha value is -1.36. The number of nitrogens with zero attached hydrogens (tertiary/aromatic N) is 2. The molecule has 0 aliphatic carbocycles. The molecule has 1 heterocycles. The minimum atomic E-state index is 0.232. The SMILES string of the molecule is CCCOc1cc(NCCCCO)ncn1. The van der Waals surface area contributed by atoms with Crippen LogP contribution < -0.4 is 10.1 Å². The summed E-state index contributed by atoms with van der Waals surface area (Å²) in [5.74, 6) is 1.36. The zero-order valence-corrected chi connectivity index (χ0v) is 9.65. The summed E-state index contributed by atoms with van der Waals surface area (Å²) in [7, 11) is 0. The molecule has 0 unspecified atom stereocenters. The summed E-state index contributed by atoms with van der Waals surface area (Å²) in [6, 6.07) is 1.79. The van der Waals surface area contributed by atoms with Crippen molar-refractivity contribution in [1.29, 1.82) is 0 Å². The zero-order valence-electron chi connectivity index (χ0n) is 9.65. The van der Waals surface area contributed by atoms with Crippen molar-refractivity contribution in [3.8, 4) is 5.88 Å². The van der Waals surface area contributed by atoms with Crippen molar-refractivity contribution < 1.29 is 9.84 Å². The fourth-order valence-corrected chi connectivity index (χ4v) is 1.17. The number of anilines is 1. The summed E-state index contributed by atoms with van der Waals surface area (Å²) >= 11 is 0. The maximum absolute atomic E-state index is 8.63. The molecule has 0 bridgehead atoms. The predicted octanol–water partition coefficient (Wildman–Crippen LogP) is 1.45. The summed E-state index contributed by atoms with van der Waals surface area (Å²) in [4.78, 5) is 8.09. The van der Waals surface area contributed by atoms with Crippen LogP contribution in [0.15, 0.2) is 12.4 Å². The van der Waals surface area contributed by atoms with Crippen molar-refractivity contribution in [3.05, 3.63) is 12.4 Å². The minimum absolute atomic E-state index is 0.232. The van der Waals surface area contributed by atoms with E-state index in [0.29, 0.717) is 12.5 Å². The Morgan fingerprint density at radius 2 is 2.25 bits per heavy atom. The van der Waals surface area contributed by atoms with Crippen molar-refractivity contribution in [2.75, 3.05) is 25.1 Å². The van der Waals surface area contributed by atoms with Gasteiger partial charge in [-0.15, -0.1) is 0 Å². The van der Waals surface area contributed by atoms with Crippen LogP contribution in [0.1, 0.15) is 26.2 Å². The molecular weight excluding hydrogens is 206 g/mol. The summed E-state index contributed by atoms with van der Waals surface area (Å²) in [5.41, 5.74) is 0.